The van der Waals surface area contributed by atoms with Gasteiger partial charge in [0, 0.05) is 69.0 Å². The van der Waals surface area contributed by atoms with Crippen LogP contribution >= 0.6 is 0 Å². The summed E-state index contributed by atoms with van der Waals surface area (Å²) in [5.74, 6) is -0.566. The second-order valence-electron chi connectivity index (χ2n) is 16.8. The smallest absolute Gasteiger partial charge is 0.410 e. The number of cyclic esters (lactones) is 1. The number of carbonyl (C=O) groups is 3. The summed E-state index contributed by atoms with van der Waals surface area (Å²) in [6, 6.07) is 0.609. The van der Waals surface area contributed by atoms with Crippen molar-refractivity contribution in [2.45, 2.75) is 123 Å². The molecule has 0 radical (unpaired) electrons. The third-order valence-corrected chi connectivity index (χ3v) is 12.0. The number of allylic oxidation sites excluding steroid dienone is 2. The van der Waals surface area contributed by atoms with Crippen molar-refractivity contribution in [2.75, 3.05) is 59.1 Å². The van der Waals surface area contributed by atoms with Crippen molar-refractivity contribution in [3.8, 4) is 0 Å². The highest BCUT2D eigenvalue weighted by molar-refractivity contribution is 5.70. The number of ether oxygens (including phenoxy) is 4. The van der Waals surface area contributed by atoms with Crippen LogP contribution in [-0.4, -0.2) is 121 Å². The van der Waals surface area contributed by atoms with Crippen LogP contribution in [-0.2, 0) is 23.7 Å². The zero-order valence-electron chi connectivity index (χ0n) is 32.4. The molecule has 2 amide bonds. The van der Waals surface area contributed by atoms with Gasteiger partial charge in [0.2, 0.25) is 0 Å². The molecule has 11 heteroatoms. The van der Waals surface area contributed by atoms with Crippen molar-refractivity contribution in [3.63, 3.8) is 0 Å². The SMILES string of the molecule is C/C(=C\C=C\[C@@H](C)COC(=O)N1CCC2(COC2)C1)[C@H]1OC(=O)C[C@H](C)CC[C@@](C)(O)[C@@H](OC(=O)N2CCN(C3CCCCCC3)CC2)/C=C/[C@@H]1C. The average molecular weight is 728 g/mol. The molecule has 1 saturated carbocycles. The van der Waals surface area contributed by atoms with Crippen LogP contribution in [0.3, 0.4) is 0 Å². The van der Waals surface area contributed by atoms with E-state index in [2.05, 4.69) is 4.90 Å². The summed E-state index contributed by atoms with van der Waals surface area (Å²) in [5.41, 5.74) is -0.330. The third kappa shape index (κ3) is 11.1. The number of rotatable bonds is 7. The highest BCUT2D eigenvalue weighted by Crippen LogP contribution is 2.37. The molecule has 0 aromatic heterocycles. The first kappa shape index (κ1) is 40.3. The van der Waals surface area contributed by atoms with E-state index in [-0.39, 0.29) is 48.3 Å². The first-order valence-electron chi connectivity index (χ1n) is 20.0. The number of likely N-dealkylation sites (tertiary alicyclic amines) is 1. The van der Waals surface area contributed by atoms with E-state index < -0.39 is 23.9 Å². The van der Waals surface area contributed by atoms with Crippen molar-refractivity contribution >= 4 is 18.2 Å². The average Bonchev–Trinajstić information content (AvgIpc) is 3.41. The largest absolute Gasteiger partial charge is 0.457 e. The molecule has 52 heavy (non-hydrogen) atoms. The molecule has 4 fully saturated rings. The van der Waals surface area contributed by atoms with E-state index in [9.17, 15) is 19.5 Å². The van der Waals surface area contributed by atoms with E-state index in [1.807, 2.05) is 52.0 Å². The Balaban J connectivity index is 1.18. The number of hydrogen-bond acceptors (Lipinski definition) is 9. The van der Waals surface area contributed by atoms with Gasteiger partial charge in [-0.05, 0) is 63.5 Å². The lowest BCUT2D eigenvalue weighted by atomic mass is 9.85. The molecular weight excluding hydrogens is 662 g/mol. The first-order chi connectivity index (χ1) is 24.8. The van der Waals surface area contributed by atoms with Gasteiger partial charge in [0.25, 0.3) is 0 Å². The van der Waals surface area contributed by atoms with Gasteiger partial charge < -0.3 is 33.9 Å². The van der Waals surface area contributed by atoms with Crippen molar-refractivity contribution in [1.29, 1.82) is 0 Å². The van der Waals surface area contributed by atoms with Gasteiger partial charge in [-0.2, -0.15) is 0 Å². The first-order valence-corrected chi connectivity index (χ1v) is 20.0. The minimum Gasteiger partial charge on any atom is -0.457 e. The number of aliphatic hydroxyl groups is 1. The summed E-state index contributed by atoms with van der Waals surface area (Å²) in [5, 5.41) is 11.7. The van der Waals surface area contributed by atoms with Gasteiger partial charge >= 0.3 is 18.2 Å². The van der Waals surface area contributed by atoms with Gasteiger partial charge in [-0.1, -0.05) is 70.8 Å². The van der Waals surface area contributed by atoms with E-state index in [0.717, 1.165) is 38.3 Å². The Morgan fingerprint density at radius 3 is 2.35 bits per heavy atom. The summed E-state index contributed by atoms with van der Waals surface area (Å²) in [6.07, 6.45) is 17.2. The zero-order chi connectivity index (χ0) is 37.3. The van der Waals surface area contributed by atoms with Crippen molar-refractivity contribution < 1.29 is 38.4 Å². The monoisotopic (exact) mass is 727 g/mol. The molecule has 5 aliphatic rings. The fraction of sp³-hybridized carbons (Fsp3) is 0.780. The Labute approximate surface area is 311 Å². The molecule has 11 nitrogen and oxygen atoms in total. The predicted octanol–water partition coefficient (Wildman–Crippen LogP) is 6.50. The number of carbonyl (C=O) groups excluding carboxylic acids is 3. The van der Waals surface area contributed by atoms with Crippen LogP contribution in [0.15, 0.2) is 36.0 Å². The highest BCUT2D eigenvalue weighted by atomic mass is 16.6. The fourth-order valence-electron chi connectivity index (χ4n) is 8.26. The standard InChI is InChI=1S/C41H65N3O8/c1-30-17-18-40(5,48)35(51-39(47)43-23-21-42(22-24-43)34-13-8-6-7-9-14-34)16-15-33(4)37(52-36(45)25-30)32(3)12-10-11-31(2)26-50-38(46)44-20-19-41(27-44)28-49-29-41/h10-12,15-16,30-31,33-35,37,48H,6-9,13-14,17-29H2,1-5H3/b11-10+,16-15+,32-12+/t30-,31-,33+,35+,37-,40-/m1/s1. The molecule has 4 heterocycles. The van der Waals surface area contributed by atoms with Gasteiger partial charge in [-0.3, -0.25) is 9.69 Å². The van der Waals surface area contributed by atoms with Crippen LogP contribution < -0.4 is 0 Å². The third-order valence-electron chi connectivity index (χ3n) is 12.0. The normalized spacial score (nSPS) is 32.7. The molecule has 6 atom stereocenters. The number of amides is 2. The molecule has 3 saturated heterocycles. The van der Waals surface area contributed by atoms with Crippen LogP contribution in [0, 0.1) is 23.2 Å². The molecule has 1 spiro atoms. The summed E-state index contributed by atoms with van der Waals surface area (Å²) >= 11 is 0. The number of nitrogens with zero attached hydrogens (tertiary/aromatic N) is 3. The van der Waals surface area contributed by atoms with E-state index in [0.29, 0.717) is 45.1 Å². The highest BCUT2D eigenvalue weighted by Gasteiger charge is 2.46. The molecule has 4 aliphatic heterocycles. The Morgan fingerprint density at radius 2 is 1.69 bits per heavy atom. The molecule has 0 aromatic carbocycles. The van der Waals surface area contributed by atoms with Crippen molar-refractivity contribution in [3.05, 3.63) is 36.0 Å². The van der Waals surface area contributed by atoms with E-state index >= 15 is 0 Å². The van der Waals surface area contributed by atoms with E-state index in [1.165, 1.54) is 38.5 Å². The van der Waals surface area contributed by atoms with Gasteiger partial charge in [0.15, 0.2) is 6.10 Å². The van der Waals surface area contributed by atoms with Gasteiger partial charge in [-0.25, -0.2) is 9.59 Å². The summed E-state index contributed by atoms with van der Waals surface area (Å²) in [6.45, 7) is 15.6. The molecule has 1 aliphatic carbocycles. The Kier molecular flexibility index (Phi) is 14.3. The second-order valence-corrected chi connectivity index (χ2v) is 16.8. The Hall–Kier alpha value is -2.89. The maximum atomic E-state index is 13.5. The molecule has 292 valence electrons. The maximum Gasteiger partial charge on any atom is 0.410 e. The minimum atomic E-state index is -1.31. The lowest BCUT2D eigenvalue weighted by Crippen LogP contribution is -2.53. The minimum absolute atomic E-state index is 0.00825. The summed E-state index contributed by atoms with van der Waals surface area (Å²) in [4.78, 5) is 45.3. The van der Waals surface area contributed by atoms with Crippen LogP contribution in [0.4, 0.5) is 9.59 Å². The molecule has 0 aromatic rings. The summed E-state index contributed by atoms with van der Waals surface area (Å²) < 4.78 is 23.1. The van der Waals surface area contributed by atoms with Crippen LogP contribution in [0.1, 0.15) is 98.8 Å². The van der Waals surface area contributed by atoms with Crippen LogP contribution in [0.2, 0.25) is 0 Å². The topological polar surface area (TPSA) is 118 Å². The van der Waals surface area contributed by atoms with Gasteiger partial charge in [0.1, 0.15) is 11.7 Å². The quantitative estimate of drug-likeness (QED) is 0.103. The maximum absolute atomic E-state index is 13.5. The molecule has 1 N–H and O–H groups in total. The fourth-order valence-corrected chi connectivity index (χ4v) is 8.26. The van der Waals surface area contributed by atoms with Crippen LogP contribution in [0.5, 0.6) is 0 Å². The number of piperazine rings is 1. The number of hydrogen-bond donors (Lipinski definition) is 1. The Bertz CT molecular complexity index is 1290. The Morgan fingerprint density at radius 1 is 0.981 bits per heavy atom. The van der Waals surface area contributed by atoms with Crippen LogP contribution in [0.25, 0.3) is 0 Å². The molecule has 0 unspecified atom stereocenters. The van der Waals surface area contributed by atoms with Gasteiger partial charge in [-0.15, -0.1) is 0 Å². The van der Waals surface area contributed by atoms with E-state index in [1.54, 1.807) is 22.8 Å². The van der Waals surface area contributed by atoms with Gasteiger partial charge in [0.05, 0.1) is 19.8 Å². The number of esters is 1. The van der Waals surface area contributed by atoms with Crippen molar-refractivity contribution in [2.24, 2.45) is 23.2 Å². The lowest BCUT2D eigenvalue weighted by Gasteiger charge is -2.40. The zero-order valence-corrected chi connectivity index (χ0v) is 32.4. The van der Waals surface area contributed by atoms with E-state index in [4.69, 9.17) is 18.9 Å². The second kappa shape index (κ2) is 18.4. The predicted molar refractivity (Wildman–Crippen MR) is 200 cm³/mol. The van der Waals surface area contributed by atoms with Crippen molar-refractivity contribution in [1.82, 2.24) is 14.7 Å². The molecule has 5 rings (SSSR count). The lowest BCUT2D eigenvalue weighted by molar-refractivity contribution is -0.150. The molecule has 0 bridgehead atoms. The molecular formula is C41H65N3O8. The summed E-state index contributed by atoms with van der Waals surface area (Å²) in [7, 11) is 0.